The molecule has 0 aliphatic carbocycles. The molecular formula is C16H20N2O3. The van der Waals surface area contributed by atoms with Crippen LogP contribution < -0.4 is 14.8 Å². The molecular weight excluding hydrogens is 268 g/mol. The number of amides is 1. The van der Waals surface area contributed by atoms with Crippen LogP contribution in [0.25, 0.3) is 0 Å². The molecule has 0 saturated heterocycles. The van der Waals surface area contributed by atoms with Crippen molar-refractivity contribution in [1.29, 1.82) is 0 Å². The number of benzene rings is 1. The summed E-state index contributed by atoms with van der Waals surface area (Å²) in [6, 6.07) is 3.94. The second kappa shape index (κ2) is 7.00. The SMILES string of the molecule is C#CCNCC(=O)N1CCc2cc(OC)c(OC)cc2C1. The minimum absolute atomic E-state index is 0.0608. The molecule has 0 bridgehead atoms. The van der Waals surface area contributed by atoms with E-state index in [1.165, 1.54) is 5.56 Å². The molecule has 1 aliphatic heterocycles. The van der Waals surface area contributed by atoms with Gasteiger partial charge in [-0.15, -0.1) is 6.42 Å². The molecule has 0 spiro atoms. The van der Waals surface area contributed by atoms with Crippen molar-refractivity contribution in [3.63, 3.8) is 0 Å². The van der Waals surface area contributed by atoms with Crippen LogP contribution in [-0.4, -0.2) is 44.7 Å². The molecule has 0 aromatic heterocycles. The summed E-state index contributed by atoms with van der Waals surface area (Å²) in [7, 11) is 3.24. The van der Waals surface area contributed by atoms with Crippen molar-refractivity contribution < 1.29 is 14.3 Å². The van der Waals surface area contributed by atoms with Crippen molar-refractivity contribution in [1.82, 2.24) is 10.2 Å². The largest absolute Gasteiger partial charge is 0.493 e. The Labute approximate surface area is 125 Å². The zero-order valence-electron chi connectivity index (χ0n) is 12.4. The number of nitrogens with zero attached hydrogens (tertiary/aromatic N) is 1. The van der Waals surface area contributed by atoms with Gasteiger partial charge in [-0.05, 0) is 29.7 Å². The average Bonchev–Trinajstić information content (AvgIpc) is 2.52. The van der Waals surface area contributed by atoms with Crippen LogP contribution in [0.4, 0.5) is 0 Å². The summed E-state index contributed by atoms with van der Waals surface area (Å²) in [6.45, 7) is 1.97. The lowest BCUT2D eigenvalue weighted by atomic mass is 9.98. The molecule has 1 aromatic rings. The van der Waals surface area contributed by atoms with Crippen LogP contribution in [0.15, 0.2) is 12.1 Å². The minimum Gasteiger partial charge on any atom is -0.493 e. The summed E-state index contributed by atoms with van der Waals surface area (Å²) < 4.78 is 10.6. The Kier molecular flexibility index (Phi) is 5.07. The number of carbonyl (C=O) groups excluding carboxylic acids is 1. The number of carbonyl (C=O) groups is 1. The molecule has 1 amide bonds. The fourth-order valence-electron chi connectivity index (χ4n) is 2.45. The Morgan fingerprint density at radius 2 is 2.00 bits per heavy atom. The van der Waals surface area contributed by atoms with E-state index in [1.807, 2.05) is 17.0 Å². The number of hydrogen-bond donors (Lipinski definition) is 1. The molecule has 2 rings (SSSR count). The summed E-state index contributed by atoms with van der Waals surface area (Å²) in [6.07, 6.45) is 5.97. The van der Waals surface area contributed by atoms with Gasteiger partial charge in [-0.25, -0.2) is 0 Å². The quantitative estimate of drug-likeness (QED) is 0.643. The summed E-state index contributed by atoms with van der Waals surface area (Å²) in [4.78, 5) is 13.9. The van der Waals surface area contributed by atoms with E-state index in [9.17, 15) is 4.79 Å². The van der Waals surface area contributed by atoms with Crippen LogP contribution in [0.2, 0.25) is 0 Å². The first-order valence-electron chi connectivity index (χ1n) is 6.85. The van der Waals surface area contributed by atoms with Gasteiger partial charge >= 0.3 is 0 Å². The van der Waals surface area contributed by atoms with Crippen molar-refractivity contribution in [2.45, 2.75) is 13.0 Å². The predicted molar refractivity (Wildman–Crippen MR) is 80.4 cm³/mol. The van der Waals surface area contributed by atoms with Gasteiger partial charge in [0.05, 0.1) is 27.3 Å². The maximum absolute atomic E-state index is 12.1. The number of terminal acetylenes is 1. The first-order chi connectivity index (χ1) is 10.2. The van der Waals surface area contributed by atoms with E-state index in [1.54, 1.807) is 14.2 Å². The first kappa shape index (κ1) is 15.2. The van der Waals surface area contributed by atoms with Crippen molar-refractivity contribution in [3.05, 3.63) is 23.3 Å². The van der Waals surface area contributed by atoms with E-state index >= 15 is 0 Å². The smallest absolute Gasteiger partial charge is 0.236 e. The van der Waals surface area contributed by atoms with Gasteiger partial charge in [-0.1, -0.05) is 5.92 Å². The van der Waals surface area contributed by atoms with Crippen LogP contribution in [0, 0.1) is 12.3 Å². The third kappa shape index (κ3) is 3.47. The molecule has 0 fully saturated rings. The number of fused-ring (bicyclic) bond motifs is 1. The molecule has 21 heavy (non-hydrogen) atoms. The van der Waals surface area contributed by atoms with Crippen LogP contribution >= 0.6 is 0 Å². The molecule has 112 valence electrons. The highest BCUT2D eigenvalue weighted by Crippen LogP contribution is 2.33. The Morgan fingerprint density at radius 3 is 2.62 bits per heavy atom. The predicted octanol–water partition coefficient (Wildman–Crippen LogP) is 0.811. The number of rotatable bonds is 5. The van der Waals surface area contributed by atoms with Gasteiger partial charge in [0.25, 0.3) is 0 Å². The highest BCUT2D eigenvalue weighted by atomic mass is 16.5. The zero-order valence-corrected chi connectivity index (χ0v) is 12.4. The molecule has 1 aromatic carbocycles. The normalized spacial score (nSPS) is 13.3. The molecule has 0 unspecified atom stereocenters. The molecule has 1 N–H and O–H groups in total. The van der Waals surface area contributed by atoms with Gasteiger partial charge in [0.15, 0.2) is 11.5 Å². The van der Waals surface area contributed by atoms with Crippen LogP contribution in [0.3, 0.4) is 0 Å². The van der Waals surface area contributed by atoms with E-state index in [2.05, 4.69) is 11.2 Å². The van der Waals surface area contributed by atoms with E-state index in [4.69, 9.17) is 15.9 Å². The van der Waals surface area contributed by atoms with Gasteiger partial charge in [0, 0.05) is 13.1 Å². The number of methoxy groups -OCH3 is 2. The minimum atomic E-state index is 0.0608. The van der Waals surface area contributed by atoms with Crippen molar-refractivity contribution in [3.8, 4) is 23.8 Å². The molecule has 0 atom stereocenters. The van der Waals surface area contributed by atoms with Crippen molar-refractivity contribution in [2.75, 3.05) is 33.9 Å². The van der Waals surface area contributed by atoms with Gasteiger partial charge in [-0.3, -0.25) is 10.1 Å². The van der Waals surface area contributed by atoms with E-state index in [0.29, 0.717) is 25.4 Å². The van der Waals surface area contributed by atoms with E-state index in [-0.39, 0.29) is 12.5 Å². The Hall–Kier alpha value is -2.19. The lowest BCUT2D eigenvalue weighted by molar-refractivity contribution is -0.131. The second-order valence-corrected chi connectivity index (χ2v) is 4.85. The van der Waals surface area contributed by atoms with Gasteiger partial charge in [0.2, 0.25) is 5.91 Å². The topological polar surface area (TPSA) is 50.8 Å². The lowest BCUT2D eigenvalue weighted by Gasteiger charge is -2.29. The third-order valence-corrected chi connectivity index (χ3v) is 3.57. The van der Waals surface area contributed by atoms with Crippen LogP contribution in [-0.2, 0) is 17.8 Å². The summed E-state index contributed by atoms with van der Waals surface area (Å²) >= 11 is 0. The maximum atomic E-state index is 12.1. The van der Waals surface area contributed by atoms with Gasteiger partial charge < -0.3 is 14.4 Å². The number of hydrogen-bond acceptors (Lipinski definition) is 4. The highest BCUT2D eigenvalue weighted by Gasteiger charge is 2.22. The van der Waals surface area contributed by atoms with Gasteiger partial charge in [-0.2, -0.15) is 0 Å². The van der Waals surface area contributed by atoms with Crippen LogP contribution in [0.1, 0.15) is 11.1 Å². The van der Waals surface area contributed by atoms with E-state index < -0.39 is 0 Å². The monoisotopic (exact) mass is 288 g/mol. The van der Waals surface area contributed by atoms with Crippen LogP contribution in [0.5, 0.6) is 11.5 Å². The summed E-state index contributed by atoms with van der Waals surface area (Å²) in [5.74, 6) is 3.94. The molecule has 1 heterocycles. The Morgan fingerprint density at radius 1 is 1.33 bits per heavy atom. The first-order valence-corrected chi connectivity index (χ1v) is 6.85. The number of ether oxygens (including phenoxy) is 2. The standard InChI is InChI=1S/C16H20N2O3/c1-4-6-17-10-16(19)18-7-5-12-8-14(20-2)15(21-3)9-13(12)11-18/h1,8-9,17H,5-7,10-11H2,2-3H3. The fourth-order valence-corrected chi connectivity index (χ4v) is 2.45. The average molecular weight is 288 g/mol. The third-order valence-electron chi connectivity index (χ3n) is 3.57. The molecule has 0 saturated carbocycles. The summed E-state index contributed by atoms with van der Waals surface area (Å²) in [5, 5.41) is 2.92. The number of nitrogens with one attached hydrogen (secondary N) is 1. The zero-order chi connectivity index (χ0) is 15.2. The molecule has 5 heteroatoms. The summed E-state index contributed by atoms with van der Waals surface area (Å²) in [5.41, 5.74) is 2.30. The molecule has 5 nitrogen and oxygen atoms in total. The highest BCUT2D eigenvalue weighted by molar-refractivity contribution is 5.78. The maximum Gasteiger partial charge on any atom is 0.236 e. The lowest BCUT2D eigenvalue weighted by Crippen LogP contribution is -2.41. The molecule has 1 aliphatic rings. The molecule has 0 radical (unpaired) electrons. The Balaban J connectivity index is 2.09. The van der Waals surface area contributed by atoms with Crippen molar-refractivity contribution >= 4 is 5.91 Å². The van der Waals surface area contributed by atoms with Gasteiger partial charge in [0.1, 0.15) is 0 Å². The fraction of sp³-hybridized carbons (Fsp3) is 0.438. The Bertz CT molecular complexity index is 563. The second-order valence-electron chi connectivity index (χ2n) is 4.85. The van der Waals surface area contributed by atoms with Crippen molar-refractivity contribution in [2.24, 2.45) is 0 Å². The van der Waals surface area contributed by atoms with E-state index in [0.717, 1.165) is 17.7 Å².